The Balaban J connectivity index is 1.87. The maximum absolute atomic E-state index is 11.6. The molecule has 0 fully saturated rings. The average molecular weight is 399 g/mol. The minimum atomic E-state index is -0.417. The van der Waals surface area contributed by atoms with Crippen molar-refractivity contribution in [2.75, 3.05) is 13.7 Å². The van der Waals surface area contributed by atoms with Crippen molar-refractivity contribution < 1.29 is 14.3 Å². The lowest BCUT2D eigenvalue weighted by Crippen LogP contribution is -2.16. The van der Waals surface area contributed by atoms with Crippen LogP contribution in [0, 0.1) is 0 Å². The van der Waals surface area contributed by atoms with E-state index in [9.17, 15) is 4.79 Å². The molecule has 0 aliphatic rings. The Labute approximate surface area is 177 Å². The van der Waals surface area contributed by atoms with E-state index in [1.807, 2.05) is 91.0 Å². The standard InChI is InChI=1S/C26H25NO3/c1-29-25(28)18-17-24(20-30-19-21-11-5-2-6-12-21)27-26(22-13-7-3-8-14-22)23-15-9-4-10-16-23/h2-18,24H,19-20H2,1H3/b18-17-/t24-/m0/s1. The second-order valence-electron chi connectivity index (χ2n) is 6.66. The van der Waals surface area contributed by atoms with Crippen molar-refractivity contribution in [2.24, 2.45) is 4.99 Å². The molecule has 0 saturated carbocycles. The number of carbonyl (C=O) groups excluding carboxylic acids is 1. The van der Waals surface area contributed by atoms with E-state index in [1.54, 1.807) is 6.08 Å². The number of nitrogens with zero attached hydrogens (tertiary/aromatic N) is 1. The predicted molar refractivity (Wildman–Crippen MR) is 120 cm³/mol. The van der Waals surface area contributed by atoms with Gasteiger partial charge < -0.3 is 9.47 Å². The molecule has 4 heteroatoms. The van der Waals surface area contributed by atoms with Crippen molar-refractivity contribution >= 4 is 11.7 Å². The summed E-state index contributed by atoms with van der Waals surface area (Å²) in [4.78, 5) is 16.6. The molecule has 0 aliphatic carbocycles. The fourth-order valence-electron chi connectivity index (χ4n) is 2.94. The third kappa shape index (κ3) is 6.54. The quantitative estimate of drug-likeness (QED) is 0.294. The highest BCUT2D eigenvalue weighted by Crippen LogP contribution is 2.14. The second kappa shape index (κ2) is 11.5. The maximum Gasteiger partial charge on any atom is 0.330 e. The van der Waals surface area contributed by atoms with Crippen LogP contribution in [-0.4, -0.2) is 31.4 Å². The largest absolute Gasteiger partial charge is 0.466 e. The van der Waals surface area contributed by atoms with Crippen molar-refractivity contribution in [3.63, 3.8) is 0 Å². The van der Waals surface area contributed by atoms with E-state index < -0.39 is 5.97 Å². The fourth-order valence-corrected chi connectivity index (χ4v) is 2.94. The van der Waals surface area contributed by atoms with Gasteiger partial charge in [-0.25, -0.2) is 4.79 Å². The predicted octanol–water partition coefficient (Wildman–Crippen LogP) is 4.84. The van der Waals surface area contributed by atoms with Crippen LogP contribution in [0.2, 0.25) is 0 Å². The number of esters is 1. The molecule has 3 aromatic rings. The number of ether oxygens (including phenoxy) is 2. The van der Waals surface area contributed by atoms with Gasteiger partial charge >= 0.3 is 5.97 Å². The van der Waals surface area contributed by atoms with Crippen LogP contribution in [0.4, 0.5) is 0 Å². The summed E-state index contributed by atoms with van der Waals surface area (Å²) in [6.45, 7) is 0.816. The zero-order valence-electron chi connectivity index (χ0n) is 17.0. The van der Waals surface area contributed by atoms with Gasteiger partial charge in [-0.1, -0.05) is 97.1 Å². The van der Waals surface area contributed by atoms with Gasteiger partial charge in [0, 0.05) is 17.2 Å². The number of carbonyl (C=O) groups is 1. The number of benzene rings is 3. The normalized spacial score (nSPS) is 11.8. The van der Waals surface area contributed by atoms with Crippen LogP contribution in [-0.2, 0) is 20.9 Å². The monoisotopic (exact) mass is 399 g/mol. The zero-order chi connectivity index (χ0) is 21.0. The molecule has 0 aliphatic heterocycles. The van der Waals surface area contributed by atoms with Crippen LogP contribution in [0.25, 0.3) is 0 Å². The summed E-state index contributed by atoms with van der Waals surface area (Å²) in [6.07, 6.45) is 3.12. The molecule has 0 bridgehead atoms. The lowest BCUT2D eigenvalue weighted by molar-refractivity contribution is -0.134. The zero-order valence-corrected chi connectivity index (χ0v) is 17.0. The fraction of sp³-hybridized carbons (Fsp3) is 0.154. The summed E-state index contributed by atoms with van der Waals surface area (Å²) < 4.78 is 10.6. The molecular formula is C26H25NO3. The summed E-state index contributed by atoms with van der Waals surface area (Å²) in [5.74, 6) is -0.417. The molecule has 1 atom stereocenters. The molecule has 3 aromatic carbocycles. The first-order chi connectivity index (χ1) is 14.8. The van der Waals surface area contributed by atoms with Crippen LogP contribution in [0.1, 0.15) is 16.7 Å². The molecule has 0 heterocycles. The first-order valence-electron chi connectivity index (χ1n) is 9.82. The first-order valence-corrected chi connectivity index (χ1v) is 9.82. The van der Waals surface area contributed by atoms with Gasteiger partial charge in [-0.2, -0.15) is 0 Å². The Morgan fingerprint density at radius 1 is 0.867 bits per heavy atom. The molecule has 0 N–H and O–H groups in total. The van der Waals surface area contributed by atoms with Gasteiger partial charge in [-0.15, -0.1) is 0 Å². The first kappa shape index (κ1) is 21.2. The molecule has 30 heavy (non-hydrogen) atoms. The molecule has 0 aromatic heterocycles. The highest BCUT2D eigenvalue weighted by atomic mass is 16.5. The molecule has 0 amide bonds. The van der Waals surface area contributed by atoms with E-state index in [1.165, 1.54) is 13.2 Å². The average Bonchev–Trinajstić information content (AvgIpc) is 2.82. The van der Waals surface area contributed by atoms with Gasteiger partial charge in [-0.05, 0) is 5.56 Å². The summed E-state index contributed by atoms with van der Waals surface area (Å²) in [5.41, 5.74) is 3.94. The molecule has 0 unspecified atom stereocenters. The maximum atomic E-state index is 11.6. The minimum absolute atomic E-state index is 0.339. The number of methoxy groups -OCH3 is 1. The number of hydrogen-bond acceptors (Lipinski definition) is 4. The lowest BCUT2D eigenvalue weighted by Gasteiger charge is -2.14. The van der Waals surface area contributed by atoms with Crippen molar-refractivity contribution in [2.45, 2.75) is 12.6 Å². The van der Waals surface area contributed by atoms with E-state index in [2.05, 4.69) is 0 Å². The van der Waals surface area contributed by atoms with Gasteiger partial charge in [0.25, 0.3) is 0 Å². The van der Waals surface area contributed by atoms with Gasteiger partial charge in [0.05, 0.1) is 32.1 Å². The Bertz CT molecular complexity index is 925. The second-order valence-corrected chi connectivity index (χ2v) is 6.66. The van der Waals surface area contributed by atoms with E-state index in [0.717, 1.165) is 22.4 Å². The number of aliphatic imine (C=N–C) groups is 1. The van der Waals surface area contributed by atoms with Gasteiger partial charge in [0.2, 0.25) is 0 Å². The van der Waals surface area contributed by atoms with Crippen molar-refractivity contribution in [1.82, 2.24) is 0 Å². The Kier molecular flexibility index (Phi) is 8.12. The molecule has 4 nitrogen and oxygen atoms in total. The van der Waals surface area contributed by atoms with Gasteiger partial charge in [-0.3, -0.25) is 4.99 Å². The molecule has 0 saturated heterocycles. The highest BCUT2D eigenvalue weighted by Gasteiger charge is 2.11. The van der Waals surface area contributed by atoms with Gasteiger partial charge in [0.15, 0.2) is 0 Å². The van der Waals surface area contributed by atoms with Crippen molar-refractivity contribution in [3.05, 3.63) is 120 Å². The third-order valence-electron chi connectivity index (χ3n) is 4.45. The Morgan fingerprint density at radius 3 is 1.93 bits per heavy atom. The number of rotatable bonds is 9. The molecule has 0 radical (unpaired) electrons. The topological polar surface area (TPSA) is 47.9 Å². The Hall–Kier alpha value is -3.50. The highest BCUT2D eigenvalue weighted by molar-refractivity contribution is 6.13. The summed E-state index contributed by atoms with van der Waals surface area (Å²) in [7, 11) is 1.36. The smallest absolute Gasteiger partial charge is 0.330 e. The molecule has 0 spiro atoms. The number of hydrogen-bond donors (Lipinski definition) is 0. The van der Waals surface area contributed by atoms with E-state index >= 15 is 0 Å². The van der Waals surface area contributed by atoms with Crippen LogP contribution < -0.4 is 0 Å². The van der Waals surface area contributed by atoms with E-state index in [4.69, 9.17) is 14.5 Å². The van der Waals surface area contributed by atoms with Crippen LogP contribution in [0.5, 0.6) is 0 Å². The lowest BCUT2D eigenvalue weighted by atomic mass is 10.0. The summed E-state index contributed by atoms with van der Waals surface area (Å²) >= 11 is 0. The van der Waals surface area contributed by atoms with Crippen LogP contribution in [0.3, 0.4) is 0 Å². The van der Waals surface area contributed by atoms with Crippen LogP contribution in [0.15, 0.2) is 108 Å². The van der Waals surface area contributed by atoms with Crippen molar-refractivity contribution in [3.8, 4) is 0 Å². The third-order valence-corrected chi connectivity index (χ3v) is 4.45. The van der Waals surface area contributed by atoms with Crippen LogP contribution >= 0.6 is 0 Å². The van der Waals surface area contributed by atoms with E-state index in [0.29, 0.717) is 13.2 Å². The molecule has 152 valence electrons. The van der Waals surface area contributed by atoms with E-state index in [-0.39, 0.29) is 6.04 Å². The Morgan fingerprint density at radius 2 is 1.40 bits per heavy atom. The SMILES string of the molecule is COC(=O)/C=C\[C@@H](COCc1ccccc1)N=C(c1ccccc1)c1ccccc1. The minimum Gasteiger partial charge on any atom is -0.466 e. The summed E-state index contributed by atoms with van der Waals surface area (Å²) in [6, 6.07) is 29.6. The molecule has 3 rings (SSSR count). The molecular weight excluding hydrogens is 374 g/mol. The summed E-state index contributed by atoms with van der Waals surface area (Å²) in [5, 5.41) is 0. The van der Waals surface area contributed by atoms with Crippen molar-refractivity contribution in [1.29, 1.82) is 0 Å². The van der Waals surface area contributed by atoms with Gasteiger partial charge in [0.1, 0.15) is 0 Å².